The van der Waals surface area contributed by atoms with E-state index in [0.29, 0.717) is 13.1 Å². The Morgan fingerprint density at radius 2 is 1.82 bits per heavy atom. The predicted octanol–water partition coefficient (Wildman–Crippen LogP) is 2.94. The zero-order valence-corrected chi connectivity index (χ0v) is 18.8. The van der Waals surface area contributed by atoms with Gasteiger partial charge in [-0.25, -0.2) is 0 Å². The first kappa shape index (κ1) is 21.7. The van der Waals surface area contributed by atoms with Gasteiger partial charge in [0, 0.05) is 60.8 Å². The number of ether oxygens (including phenoxy) is 1. The van der Waals surface area contributed by atoms with Gasteiger partial charge in [-0.05, 0) is 30.7 Å². The average molecular weight is 447 g/mol. The normalized spacial score (nSPS) is 18.6. The Morgan fingerprint density at radius 1 is 1.03 bits per heavy atom. The molecule has 172 valence electrons. The van der Waals surface area contributed by atoms with Crippen LogP contribution in [0, 0.1) is 0 Å². The Labute approximate surface area is 193 Å². The number of hydrogen-bond donors (Lipinski definition) is 2. The molecule has 0 radical (unpaired) electrons. The van der Waals surface area contributed by atoms with E-state index in [2.05, 4.69) is 21.3 Å². The molecule has 2 aliphatic rings. The largest absolute Gasteiger partial charge is 0.379 e. The number of carbonyl (C=O) groups excluding carboxylic acids is 2. The highest BCUT2D eigenvalue weighted by Crippen LogP contribution is 2.41. The Bertz CT molecular complexity index is 1140. The number of hydrogen-bond acceptors (Lipinski definition) is 4. The summed E-state index contributed by atoms with van der Waals surface area (Å²) in [6.45, 7) is 5.49. The molecule has 2 aromatic carbocycles. The summed E-state index contributed by atoms with van der Waals surface area (Å²) in [5.74, 6) is -0.0283. The molecule has 1 aromatic heterocycles. The molecule has 1 fully saturated rings. The number of nitrogens with one attached hydrogen (secondary N) is 2. The SMILES string of the molecule is O=C(CCN1C(=O)c2ccccc2[C@H]1c1c[nH]c2ccccc12)NCCCN1CCOCC1. The lowest BCUT2D eigenvalue weighted by molar-refractivity contribution is -0.121. The first-order valence-electron chi connectivity index (χ1n) is 11.7. The minimum Gasteiger partial charge on any atom is -0.379 e. The van der Waals surface area contributed by atoms with E-state index < -0.39 is 0 Å². The van der Waals surface area contributed by atoms with Crippen molar-refractivity contribution < 1.29 is 14.3 Å². The van der Waals surface area contributed by atoms with E-state index in [9.17, 15) is 9.59 Å². The summed E-state index contributed by atoms with van der Waals surface area (Å²) >= 11 is 0. The van der Waals surface area contributed by atoms with Gasteiger partial charge in [0.05, 0.1) is 19.3 Å². The van der Waals surface area contributed by atoms with Crippen LogP contribution in [0.2, 0.25) is 0 Å². The molecule has 0 saturated carbocycles. The van der Waals surface area contributed by atoms with Crippen LogP contribution in [0.5, 0.6) is 0 Å². The number of aromatic nitrogens is 1. The van der Waals surface area contributed by atoms with Crippen LogP contribution in [0.15, 0.2) is 54.7 Å². The van der Waals surface area contributed by atoms with Crippen molar-refractivity contribution in [2.24, 2.45) is 0 Å². The number of fused-ring (bicyclic) bond motifs is 2. The van der Waals surface area contributed by atoms with Crippen LogP contribution in [0.1, 0.15) is 40.4 Å². The van der Waals surface area contributed by atoms with Gasteiger partial charge in [0.2, 0.25) is 5.91 Å². The maximum atomic E-state index is 13.3. The Morgan fingerprint density at radius 3 is 2.70 bits per heavy atom. The third-order valence-corrected chi connectivity index (χ3v) is 6.63. The lowest BCUT2D eigenvalue weighted by Crippen LogP contribution is -2.38. The quantitative estimate of drug-likeness (QED) is 0.522. The molecule has 0 bridgehead atoms. The summed E-state index contributed by atoms with van der Waals surface area (Å²) in [7, 11) is 0. The van der Waals surface area contributed by atoms with Crippen LogP contribution in [-0.2, 0) is 9.53 Å². The standard InChI is InChI=1S/C26H30N4O3/c31-24(27-11-5-12-29-14-16-33-17-15-29)10-13-30-25(20-7-1-2-8-21(20)26(30)32)22-18-28-23-9-4-3-6-19(22)23/h1-4,6-9,18,25,28H,5,10-17H2,(H,27,31)/t25-/m0/s1. The maximum Gasteiger partial charge on any atom is 0.255 e. The van der Waals surface area contributed by atoms with Gasteiger partial charge in [0.15, 0.2) is 0 Å². The number of rotatable bonds is 8. The van der Waals surface area contributed by atoms with Crippen LogP contribution in [0.4, 0.5) is 0 Å². The fraction of sp³-hybridized carbons (Fsp3) is 0.385. The molecular weight excluding hydrogens is 416 g/mol. The lowest BCUT2D eigenvalue weighted by Gasteiger charge is -2.26. The zero-order chi connectivity index (χ0) is 22.6. The molecule has 2 N–H and O–H groups in total. The second-order valence-electron chi connectivity index (χ2n) is 8.69. The van der Waals surface area contributed by atoms with E-state index in [1.165, 1.54) is 0 Å². The van der Waals surface area contributed by atoms with Gasteiger partial charge in [-0.1, -0.05) is 36.4 Å². The van der Waals surface area contributed by atoms with Crippen molar-refractivity contribution in [1.82, 2.24) is 20.1 Å². The van der Waals surface area contributed by atoms with Crippen molar-refractivity contribution >= 4 is 22.7 Å². The Kier molecular flexibility index (Phi) is 6.41. The molecule has 7 nitrogen and oxygen atoms in total. The van der Waals surface area contributed by atoms with E-state index in [1.807, 2.05) is 53.6 Å². The molecular formula is C26H30N4O3. The lowest BCUT2D eigenvalue weighted by atomic mass is 9.97. The number of nitrogens with zero attached hydrogens (tertiary/aromatic N) is 2. The first-order valence-corrected chi connectivity index (χ1v) is 11.7. The fourth-order valence-electron chi connectivity index (χ4n) is 4.92. The topological polar surface area (TPSA) is 77.7 Å². The van der Waals surface area contributed by atoms with Gasteiger partial charge in [-0.15, -0.1) is 0 Å². The molecule has 3 aromatic rings. The van der Waals surface area contributed by atoms with E-state index in [-0.39, 0.29) is 24.3 Å². The fourth-order valence-corrected chi connectivity index (χ4v) is 4.92. The summed E-state index contributed by atoms with van der Waals surface area (Å²) < 4.78 is 5.37. The van der Waals surface area contributed by atoms with Gasteiger partial charge >= 0.3 is 0 Å². The van der Waals surface area contributed by atoms with E-state index in [0.717, 1.165) is 66.9 Å². The number of para-hydroxylation sites is 1. The Balaban J connectivity index is 1.24. The van der Waals surface area contributed by atoms with Crippen LogP contribution in [-0.4, -0.2) is 72.5 Å². The molecule has 0 unspecified atom stereocenters. The van der Waals surface area contributed by atoms with Crippen molar-refractivity contribution in [3.05, 3.63) is 71.4 Å². The number of amides is 2. The van der Waals surface area contributed by atoms with Crippen molar-refractivity contribution in [2.45, 2.75) is 18.9 Å². The molecule has 1 atom stereocenters. The van der Waals surface area contributed by atoms with Gasteiger partial charge in [-0.3, -0.25) is 14.5 Å². The summed E-state index contributed by atoms with van der Waals surface area (Å²) in [5, 5.41) is 4.12. The summed E-state index contributed by atoms with van der Waals surface area (Å²) in [5.41, 5.74) is 3.83. The molecule has 0 aliphatic carbocycles. The first-order chi connectivity index (χ1) is 16.2. The molecule has 7 heteroatoms. The second kappa shape index (κ2) is 9.77. The highest BCUT2D eigenvalue weighted by atomic mass is 16.5. The minimum atomic E-state index is -0.195. The zero-order valence-electron chi connectivity index (χ0n) is 18.8. The van der Waals surface area contributed by atoms with Gasteiger partial charge in [0.25, 0.3) is 5.91 Å². The van der Waals surface area contributed by atoms with Crippen molar-refractivity contribution in [3.8, 4) is 0 Å². The molecule has 0 spiro atoms. The Hall–Kier alpha value is -3.16. The average Bonchev–Trinajstić information content (AvgIpc) is 3.40. The summed E-state index contributed by atoms with van der Waals surface area (Å²) in [6, 6.07) is 15.7. The number of carbonyl (C=O) groups is 2. The second-order valence-corrected chi connectivity index (χ2v) is 8.69. The van der Waals surface area contributed by atoms with Gasteiger partial charge < -0.3 is 19.9 Å². The number of aromatic amines is 1. The smallest absolute Gasteiger partial charge is 0.255 e. The summed E-state index contributed by atoms with van der Waals surface area (Å²) in [6.07, 6.45) is 3.19. The maximum absolute atomic E-state index is 13.3. The highest BCUT2D eigenvalue weighted by molar-refractivity contribution is 6.01. The van der Waals surface area contributed by atoms with Gasteiger partial charge in [0.1, 0.15) is 0 Å². The van der Waals surface area contributed by atoms with Crippen molar-refractivity contribution in [2.75, 3.05) is 45.9 Å². The molecule has 5 rings (SSSR count). The molecule has 1 saturated heterocycles. The van der Waals surface area contributed by atoms with Crippen molar-refractivity contribution in [1.29, 1.82) is 0 Å². The van der Waals surface area contributed by atoms with Crippen molar-refractivity contribution in [3.63, 3.8) is 0 Å². The van der Waals surface area contributed by atoms with Crippen LogP contribution in [0.25, 0.3) is 10.9 Å². The number of morpholine rings is 1. The monoisotopic (exact) mass is 446 g/mol. The minimum absolute atomic E-state index is 0.0130. The molecule has 2 aliphatic heterocycles. The molecule has 3 heterocycles. The highest BCUT2D eigenvalue weighted by Gasteiger charge is 2.38. The van der Waals surface area contributed by atoms with Crippen LogP contribution >= 0.6 is 0 Å². The van der Waals surface area contributed by atoms with E-state index in [1.54, 1.807) is 0 Å². The third kappa shape index (κ3) is 4.51. The summed E-state index contributed by atoms with van der Waals surface area (Å²) in [4.78, 5) is 33.3. The predicted molar refractivity (Wildman–Crippen MR) is 127 cm³/mol. The number of benzene rings is 2. The molecule has 2 amide bonds. The van der Waals surface area contributed by atoms with Crippen LogP contribution < -0.4 is 5.32 Å². The van der Waals surface area contributed by atoms with Gasteiger partial charge in [-0.2, -0.15) is 0 Å². The number of H-pyrrole nitrogens is 1. The molecule has 33 heavy (non-hydrogen) atoms. The third-order valence-electron chi connectivity index (χ3n) is 6.63. The van der Waals surface area contributed by atoms with Crippen LogP contribution in [0.3, 0.4) is 0 Å². The van der Waals surface area contributed by atoms with E-state index in [4.69, 9.17) is 4.74 Å². The van der Waals surface area contributed by atoms with E-state index >= 15 is 0 Å².